The zero-order valence-corrected chi connectivity index (χ0v) is 36.9. The highest BCUT2D eigenvalue weighted by molar-refractivity contribution is 6.17. The minimum absolute atomic E-state index is 0.587. The van der Waals surface area contributed by atoms with Crippen LogP contribution >= 0.6 is 0 Å². The Labute approximate surface area is 393 Å². The van der Waals surface area contributed by atoms with Crippen molar-refractivity contribution in [3.63, 3.8) is 0 Å². The molecule has 0 bridgehead atoms. The predicted molar refractivity (Wildman–Crippen MR) is 282 cm³/mol. The van der Waals surface area contributed by atoms with E-state index in [-0.39, 0.29) is 0 Å². The molecule has 1 unspecified atom stereocenters. The van der Waals surface area contributed by atoms with E-state index in [1.54, 1.807) is 0 Å². The Hall–Kier alpha value is -9.06. The van der Waals surface area contributed by atoms with Crippen LogP contribution in [0.4, 0.5) is 0 Å². The first-order chi connectivity index (χ1) is 33.7. The maximum Gasteiger partial charge on any atom is 0.170 e. The number of fused-ring (bicyclic) bond motifs is 6. The predicted octanol–water partition coefficient (Wildman–Crippen LogP) is 15.8. The van der Waals surface area contributed by atoms with Crippen molar-refractivity contribution in [2.24, 2.45) is 9.98 Å². The van der Waals surface area contributed by atoms with Crippen molar-refractivity contribution in [2.45, 2.75) is 6.17 Å². The van der Waals surface area contributed by atoms with Crippen LogP contribution in [-0.2, 0) is 0 Å². The van der Waals surface area contributed by atoms with Crippen LogP contribution in [0.3, 0.4) is 0 Å². The van der Waals surface area contributed by atoms with Gasteiger partial charge in [0.25, 0.3) is 0 Å². The van der Waals surface area contributed by atoms with Gasteiger partial charge >= 0.3 is 0 Å². The van der Waals surface area contributed by atoms with E-state index in [4.69, 9.17) is 14.4 Å². The molecule has 3 heterocycles. The lowest BCUT2D eigenvalue weighted by Crippen LogP contribution is -2.36. The average molecular weight is 871 g/mol. The number of nitrogens with one attached hydrogen (secondary N) is 1. The summed E-state index contributed by atoms with van der Waals surface area (Å²) in [6.45, 7) is 0. The molecular weight excluding hydrogens is 829 g/mol. The largest absolute Gasteiger partial charge is 0.456 e. The second-order valence-electron chi connectivity index (χ2n) is 17.4. The summed E-state index contributed by atoms with van der Waals surface area (Å²) >= 11 is 0. The zero-order valence-electron chi connectivity index (χ0n) is 36.9. The fourth-order valence-electron chi connectivity index (χ4n) is 9.97. The lowest BCUT2D eigenvalue weighted by atomic mass is 9.95. The quantitative estimate of drug-likeness (QED) is 0.165. The van der Waals surface area contributed by atoms with Gasteiger partial charge in [-0.05, 0) is 117 Å². The highest BCUT2D eigenvalue weighted by Crippen LogP contribution is 2.41. The third kappa shape index (κ3) is 6.97. The summed E-state index contributed by atoms with van der Waals surface area (Å²) in [5.41, 5.74) is 17.0. The lowest BCUT2D eigenvalue weighted by Gasteiger charge is -2.24. The van der Waals surface area contributed by atoms with Crippen molar-refractivity contribution in [1.82, 2.24) is 9.88 Å². The summed E-state index contributed by atoms with van der Waals surface area (Å²) in [6.07, 6.45) is -0.587. The van der Waals surface area contributed by atoms with E-state index in [1.165, 1.54) is 21.8 Å². The number of aliphatic imine (C=N–C) groups is 2. The topological polar surface area (TPSA) is 54.8 Å². The lowest BCUT2D eigenvalue weighted by molar-refractivity contribution is 0.667. The van der Waals surface area contributed by atoms with Crippen molar-refractivity contribution in [3.05, 3.63) is 259 Å². The molecule has 320 valence electrons. The molecule has 1 N–H and O–H groups in total. The molecule has 1 aliphatic rings. The fourth-order valence-corrected chi connectivity index (χ4v) is 9.97. The highest BCUT2D eigenvalue weighted by atomic mass is 16.3. The van der Waals surface area contributed by atoms with Crippen molar-refractivity contribution >= 4 is 55.4 Å². The van der Waals surface area contributed by atoms with Crippen LogP contribution in [0.25, 0.3) is 93.9 Å². The summed E-state index contributed by atoms with van der Waals surface area (Å²) in [7, 11) is 0. The molecule has 13 rings (SSSR count). The summed E-state index contributed by atoms with van der Waals surface area (Å²) in [4.78, 5) is 11.0. The maximum absolute atomic E-state index is 6.66. The Kier molecular flexibility index (Phi) is 9.50. The average Bonchev–Trinajstić information content (AvgIpc) is 3.97. The number of rotatable bonds is 8. The van der Waals surface area contributed by atoms with Crippen LogP contribution in [0, 0.1) is 0 Å². The minimum Gasteiger partial charge on any atom is -0.456 e. The number of amidine groups is 2. The normalized spacial score (nSPS) is 13.7. The summed E-state index contributed by atoms with van der Waals surface area (Å²) in [5.74, 6) is 1.49. The van der Waals surface area contributed by atoms with Crippen LogP contribution < -0.4 is 5.32 Å². The molecule has 0 aliphatic carbocycles. The molecule has 0 fully saturated rings. The second-order valence-corrected chi connectivity index (χ2v) is 17.4. The number of hydrogen-bond donors (Lipinski definition) is 1. The minimum atomic E-state index is -0.587. The van der Waals surface area contributed by atoms with Gasteiger partial charge in [-0.2, -0.15) is 0 Å². The van der Waals surface area contributed by atoms with Gasteiger partial charge in [-0.25, -0.2) is 9.98 Å². The van der Waals surface area contributed by atoms with Crippen molar-refractivity contribution < 1.29 is 4.42 Å². The Bertz CT molecular complexity index is 3870. The van der Waals surface area contributed by atoms with Gasteiger partial charge in [-0.3, -0.25) is 0 Å². The molecule has 0 amide bonds. The van der Waals surface area contributed by atoms with Crippen molar-refractivity contribution in [1.29, 1.82) is 0 Å². The summed E-state index contributed by atoms with van der Waals surface area (Å²) in [5, 5.41) is 8.20. The molecule has 10 aromatic carbocycles. The maximum atomic E-state index is 6.66. The van der Waals surface area contributed by atoms with Crippen LogP contribution in [0.2, 0.25) is 0 Å². The van der Waals surface area contributed by atoms with E-state index in [9.17, 15) is 0 Å². The van der Waals surface area contributed by atoms with Crippen LogP contribution in [0.15, 0.2) is 257 Å². The van der Waals surface area contributed by atoms with Gasteiger partial charge in [0.1, 0.15) is 22.8 Å². The van der Waals surface area contributed by atoms with E-state index < -0.39 is 6.17 Å². The zero-order chi connectivity index (χ0) is 45.0. The Morgan fingerprint density at radius 3 is 1.54 bits per heavy atom. The molecule has 1 aliphatic heterocycles. The molecule has 1 atom stereocenters. The molecule has 12 aromatic rings. The molecular formula is C63H42N4O. The molecule has 68 heavy (non-hydrogen) atoms. The number of hydrogen-bond acceptors (Lipinski definition) is 4. The molecule has 5 heteroatoms. The molecule has 2 aromatic heterocycles. The molecule has 0 radical (unpaired) electrons. The number of furan rings is 1. The van der Waals surface area contributed by atoms with Gasteiger partial charge < -0.3 is 14.3 Å². The Morgan fingerprint density at radius 1 is 0.338 bits per heavy atom. The molecule has 5 nitrogen and oxygen atoms in total. The SMILES string of the molecule is c1ccc(-c2cccc(C3=NC(c4cccc5oc6ccc(-c7ccc8c(c7)c7ccccc7n8-c7ccccc7)cc6c45)N=C(c4cc(-c5ccccc5)cc(-c5ccccc5)c4)N3)c2)cc1. The van der Waals surface area contributed by atoms with Crippen molar-refractivity contribution in [2.75, 3.05) is 0 Å². The van der Waals surface area contributed by atoms with E-state index in [1.807, 2.05) is 6.07 Å². The number of para-hydroxylation sites is 2. The number of aromatic nitrogens is 1. The fraction of sp³-hybridized carbons (Fsp3) is 0.0159. The summed E-state index contributed by atoms with van der Waals surface area (Å²) < 4.78 is 9.01. The standard InChI is InChI=1S/C63H42N4O/c1-5-17-41(18-6-1)44-23-15-24-47(35-44)61-64-62(50-37-48(42-19-7-2-8-20-42)36-49(38-50)43-21-9-3-10-22-43)66-63(65-61)53-28-16-30-59-60(53)55-40-46(32-34-58(55)68-59)45-31-33-57-54(39-45)52-27-13-14-29-56(52)67(57)51-25-11-4-12-26-51/h1-40,63H,(H,64,65,66). The molecule has 0 spiro atoms. The third-order valence-corrected chi connectivity index (χ3v) is 13.2. The highest BCUT2D eigenvalue weighted by Gasteiger charge is 2.25. The number of nitrogens with zero attached hydrogens (tertiary/aromatic N) is 3. The van der Waals surface area contributed by atoms with E-state index in [0.29, 0.717) is 0 Å². The summed E-state index contributed by atoms with van der Waals surface area (Å²) in [6, 6.07) is 85.9. The third-order valence-electron chi connectivity index (χ3n) is 13.2. The van der Waals surface area contributed by atoms with Gasteiger partial charge in [0.05, 0.1) is 11.0 Å². The second kappa shape index (κ2) is 16.4. The van der Waals surface area contributed by atoms with Crippen LogP contribution in [-0.4, -0.2) is 16.2 Å². The molecule has 0 saturated heterocycles. The van der Waals surface area contributed by atoms with Gasteiger partial charge in [-0.1, -0.05) is 170 Å². The molecule has 0 saturated carbocycles. The Balaban J connectivity index is 0.980. The van der Waals surface area contributed by atoms with E-state index in [2.05, 4.69) is 246 Å². The first-order valence-corrected chi connectivity index (χ1v) is 23.1. The van der Waals surface area contributed by atoms with E-state index >= 15 is 0 Å². The van der Waals surface area contributed by atoms with Crippen LogP contribution in [0.1, 0.15) is 22.9 Å². The van der Waals surface area contributed by atoms with Gasteiger partial charge in [0, 0.05) is 43.9 Å². The van der Waals surface area contributed by atoms with Gasteiger partial charge in [0.15, 0.2) is 6.17 Å². The monoisotopic (exact) mass is 870 g/mol. The van der Waals surface area contributed by atoms with Gasteiger partial charge in [0.2, 0.25) is 0 Å². The Morgan fingerprint density at radius 2 is 0.838 bits per heavy atom. The first-order valence-electron chi connectivity index (χ1n) is 23.1. The van der Waals surface area contributed by atoms with Gasteiger partial charge in [-0.15, -0.1) is 0 Å². The first kappa shape index (κ1) is 39.3. The number of benzene rings is 10. The van der Waals surface area contributed by atoms with Crippen LogP contribution in [0.5, 0.6) is 0 Å². The smallest absolute Gasteiger partial charge is 0.170 e. The van der Waals surface area contributed by atoms with Crippen molar-refractivity contribution in [3.8, 4) is 50.2 Å². The van der Waals surface area contributed by atoms with E-state index in [0.717, 1.165) is 100 Å².